The Hall–Kier alpha value is -0.0800. The fraction of sp³-hybridized carbons (Fsp3) is 1.00. The SMILES string of the molecule is CCC(CN)CN(C)C1CCCC1. The van der Waals surface area contributed by atoms with Crippen molar-refractivity contribution in [1.29, 1.82) is 0 Å². The smallest absolute Gasteiger partial charge is 0.00923 e. The molecule has 2 N–H and O–H groups in total. The molecule has 13 heavy (non-hydrogen) atoms. The Morgan fingerprint density at radius 1 is 1.38 bits per heavy atom. The van der Waals surface area contributed by atoms with Crippen LogP contribution < -0.4 is 5.73 Å². The minimum atomic E-state index is 0.700. The lowest BCUT2D eigenvalue weighted by molar-refractivity contribution is 0.207. The highest BCUT2D eigenvalue weighted by molar-refractivity contribution is 4.76. The summed E-state index contributed by atoms with van der Waals surface area (Å²) in [5.74, 6) is 0.700. The summed E-state index contributed by atoms with van der Waals surface area (Å²) in [7, 11) is 2.26. The topological polar surface area (TPSA) is 29.3 Å². The van der Waals surface area contributed by atoms with Crippen LogP contribution in [0.1, 0.15) is 39.0 Å². The Morgan fingerprint density at radius 3 is 2.46 bits per heavy atom. The number of nitrogens with two attached hydrogens (primary N) is 1. The van der Waals surface area contributed by atoms with Gasteiger partial charge in [0.05, 0.1) is 0 Å². The molecule has 78 valence electrons. The van der Waals surface area contributed by atoms with E-state index >= 15 is 0 Å². The lowest BCUT2D eigenvalue weighted by Gasteiger charge is -2.27. The van der Waals surface area contributed by atoms with E-state index in [1.807, 2.05) is 0 Å². The molecule has 0 aromatic carbocycles. The van der Waals surface area contributed by atoms with Crippen molar-refractivity contribution in [2.45, 2.75) is 45.1 Å². The standard InChI is InChI=1S/C11H24N2/c1-3-10(8-12)9-13(2)11-6-4-5-7-11/h10-11H,3-9,12H2,1-2H3. The Kier molecular flexibility index (Phi) is 4.74. The molecule has 1 aliphatic carbocycles. The first-order valence-electron chi connectivity index (χ1n) is 5.68. The maximum atomic E-state index is 5.70. The van der Waals surface area contributed by atoms with Crippen LogP contribution in [-0.2, 0) is 0 Å². The fourth-order valence-electron chi connectivity index (χ4n) is 2.27. The third-order valence-electron chi connectivity index (χ3n) is 3.40. The third-order valence-corrected chi connectivity index (χ3v) is 3.40. The van der Waals surface area contributed by atoms with Gasteiger partial charge in [0.2, 0.25) is 0 Å². The van der Waals surface area contributed by atoms with E-state index in [-0.39, 0.29) is 0 Å². The average molecular weight is 184 g/mol. The molecule has 1 rings (SSSR count). The lowest BCUT2D eigenvalue weighted by Crippen LogP contribution is -2.35. The molecule has 0 radical (unpaired) electrons. The van der Waals surface area contributed by atoms with Gasteiger partial charge < -0.3 is 10.6 Å². The van der Waals surface area contributed by atoms with E-state index in [9.17, 15) is 0 Å². The highest BCUT2D eigenvalue weighted by Gasteiger charge is 2.20. The van der Waals surface area contributed by atoms with Crippen molar-refractivity contribution >= 4 is 0 Å². The summed E-state index contributed by atoms with van der Waals surface area (Å²) in [6.07, 6.45) is 6.87. The van der Waals surface area contributed by atoms with Gasteiger partial charge in [-0.1, -0.05) is 26.2 Å². The summed E-state index contributed by atoms with van der Waals surface area (Å²) < 4.78 is 0. The Balaban J connectivity index is 2.25. The minimum Gasteiger partial charge on any atom is -0.330 e. The van der Waals surface area contributed by atoms with Gasteiger partial charge >= 0.3 is 0 Å². The molecule has 1 fully saturated rings. The van der Waals surface area contributed by atoms with Crippen molar-refractivity contribution in [1.82, 2.24) is 4.90 Å². The molecule has 2 nitrogen and oxygen atoms in total. The second-order valence-electron chi connectivity index (χ2n) is 4.39. The minimum absolute atomic E-state index is 0.700. The highest BCUT2D eigenvalue weighted by Crippen LogP contribution is 2.23. The first-order chi connectivity index (χ1) is 6.27. The lowest BCUT2D eigenvalue weighted by atomic mass is 10.1. The summed E-state index contributed by atoms with van der Waals surface area (Å²) in [6.45, 7) is 4.27. The van der Waals surface area contributed by atoms with Crippen molar-refractivity contribution in [3.63, 3.8) is 0 Å². The molecular formula is C11H24N2. The first kappa shape index (κ1) is 11.0. The molecule has 0 amide bonds. The van der Waals surface area contributed by atoms with Crippen molar-refractivity contribution < 1.29 is 0 Å². The maximum Gasteiger partial charge on any atom is 0.00923 e. The van der Waals surface area contributed by atoms with Gasteiger partial charge in [0.25, 0.3) is 0 Å². The molecule has 2 heteroatoms. The van der Waals surface area contributed by atoms with Gasteiger partial charge in [0, 0.05) is 12.6 Å². The van der Waals surface area contributed by atoms with E-state index in [0.29, 0.717) is 5.92 Å². The largest absolute Gasteiger partial charge is 0.330 e. The first-order valence-corrected chi connectivity index (χ1v) is 5.68. The molecule has 1 saturated carbocycles. The predicted octanol–water partition coefficient (Wildman–Crippen LogP) is 1.85. The molecule has 0 bridgehead atoms. The van der Waals surface area contributed by atoms with Crippen LogP contribution in [-0.4, -0.2) is 31.1 Å². The molecular weight excluding hydrogens is 160 g/mol. The van der Waals surface area contributed by atoms with Crippen LogP contribution >= 0.6 is 0 Å². The summed E-state index contributed by atoms with van der Waals surface area (Å²) in [4.78, 5) is 2.52. The van der Waals surface area contributed by atoms with Crippen molar-refractivity contribution in [3.05, 3.63) is 0 Å². The second kappa shape index (κ2) is 5.61. The highest BCUT2D eigenvalue weighted by atomic mass is 15.1. The average Bonchev–Trinajstić information content (AvgIpc) is 2.66. The molecule has 0 saturated heterocycles. The molecule has 0 aliphatic heterocycles. The zero-order chi connectivity index (χ0) is 9.68. The van der Waals surface area contributed by atoms with Gasteiger partial charge in [-0.25, -0.2) is 0 Å². The summed E-state index contributed by atoms with van der Waals surface area (Å²) in [5, 5.41) is 0. The third kappa shape index (κ3) is 3.28. The molecule has 0 heterocycles. The van der Waals surface area contributed by atoms with Gasteiger partial charge in [0.1, 0.15) is 0 Å². The van der Waals surface area contributed by atoms with E-state index < -0.39 is 0 Å². The molecule has 1 aliphatic rings. The zero-order valence-corrected chi connectivity index (χ0v) is 9.13. The van der Waals surface area contributed by atoms with Crippen LogP contribution in [0.4, 0.5) is 0 Å². The van der Waals surface area contributed by atoms with Crippen molar-refractivity contribution in [2.75, 3.05) is 20.1 Å². The van der Waals surface area contributed by atoms with Gasteiger partial charge in [-0.05, 0) is 32.4 Å². The summed E-state index contributed by atoms with van der Waals surface area (Å²) >= 11 is 0. The van der Waals surface area contributed by atoms with Gasteiger partial charge in [-0.15, -0.1) is 0 Å². The van der Waals surface area contributed by atoms with E-state index in [2.05, 4.69) is 18.9 Å². The summed E-state index contributed by atoms with van der Waals surface area (Å²) in [5.41, 5.74) is 5.70. The molecule has 1 atom stereocenters. The maximum absolute atomic E-state index is 5.70. The van der Waals surface area contributed by atoms with Gasteiger partial charge in [-0.3, -0.25) is 0 Å². The van der Waals surface area contributed by atoms with E-state index in [4.69, 9.17) is 5.73 Å². The zero-order valence-electron chi connectivity index (χ0n) is 9.13. The van der Waals surface area contributed by atoms with Crippen LogP contribution in [0.15, 0.2) is 0 Å². The molecule has 1 unspecified atom stereocenters. The number of hydrogen-bond donors (Lipinski definition) is 1. The van der Waals surface area contributed by atoms with E-state index in [1.54, 1.807) is 0 Å². The summed E-state index contributed by atoms with van der Waals surface area (Å²) in [6, 6.07) is 0.848. The van der Waals surface area contributed by atoms with Crippen LogP contribution in [0.3, 0.4) is 0 Å². The Morgan fingerprint density at radius 2 is 2.00 bits per heavy atom. The van der Waals surface area contributed by atoms with Crippen molar-refractivity contribution in [2.24, 2.45) is 11.7 Å². The van der Waals surface area contributed by atoms with E-state index in [1.165, 1.54) is 38.6 Å². The quantitative estimate of drug-likeness (QED) is 0.706. The number of nitrogens with zero attached hydrogens (tertiary/aromatic N) is 1. The predicted molar refractivity (Wildman–Crippen MR) is 57.7 cm³/mol. The van der Waals surface area contributed by atoms with Gasteiger partial charge in [-0.2, -0.15) is 0 Å². The second-order valence-corrected chi connectivity index (χ2v) is 4.39. The monoisotopic (exact) mass is 184 g/mol. The van der Waals surface area contributed by atoms with Crippen LogP contribution in [0, 0.1) is 5.92 Å². The number of rotatable bonds is 5. The van der Waals surface area contributed by atoms with Crippen LogP contribution in [0.5, 0.6) is 0 Å². The normalized spacial score (nSPS) is 21.2. The Bertz CT molecular complexity index is 126. The molecule has 0 spiro atoms. The molecule has 0 aromatic rings. The number of hydrogen-bond acceptors (Lipinski definition) is 2. The van der Waals surface area contributed by atoms with Crippen molar-refractivity contribution in [3.8, 4) is 0 Å². The fourth-order valence-corrected chi connectivity index (χ4v) is 2.27. The van der Waals surface area contributed by atoms with Crippen LogP contribution in [0.25, 0.3) is 0 Å². The molecule has 0 aromatic heterocycles. The van der Waals surface area contributed by atoms with E-state index in [0.717, 1.165) is 12.6 Å². The van der Waals surface area contributed by atoms with Gasteiger partial charge in [0.15, 0.2) is 0 Å². The van der Waals surface area contributed by atoms with Crippen LogP contribution in [0.2, 0.25) is 0 Å². The Labute approximate surface area is 82.5 Å².